The molecule has 0 radical (unpaired) electrons. The largest absolute Gasteiger partial charge is 0.355 e. The normalized spacial score (nSPS) is 10.8. The van der Waals surface area contributed by atoms with Gasteiger partial charge in [0.15, 0.2) is 5.16 Å². The molecule has 0 aliphatic carbocycles. The molecule has 0 saturated carbocycles. The molecular weight excluding hydrogens is 366 g/mol. The Labute approximate surface area is 170 Å². The van der Waals surface area contributed by atoms with Crippen molar-refractivity contribution in [1.29, 1.82) is 0 Å². The zero-order valence-corrected chi connectivity index (χ0v) is 17.1. The van der Waals surface area contributed by atoms with Crippen molar-refractivity contribution in [3.8, 4) is 0 Å². The number of carbonyl (C=O) groups excluding carboxylic acids is 1. The standard InChI is InChI=1S/C23H25N3OS/c1-17-15-18(2)26-23(25-17)28-16-22(27)24-14-13-21(19-9-5-3-6-10-19)20-11-7-4-8-12-20/h3-12,15,21H,13-14,16H2,1-2H3,(H,24,27). The number of hydrogen-bond donors (Lipinski definition) is 1. The van der Waals surface area contributed by atoms with Crippen molar-refractivity contribution in [3.63, 3.8) is 0 Å². The van der Waals surface area contributed by atoms with E-state index in [1.165, 1.54) is 22.9 Å². The van der Waals surface area contributed by atoms with Crippen molar-refractivity contribution in [3.05, 3.63) is 89.2 Å². The van der Waals surface area contributed by atoms with E-state index in [0.717, 1.165) is 17.8 Å². The van der Waals surface area contributed by atoms with E-state index in [1.807, 2.05) is 32.0 Å². The van der Waals surface area contributed by atoms with Gasteiger partial charge >= 0.3 is 0 Å². The van der Waals surface area contributed by atoms with E-state index in [9.17, 15) is 4.79 Å². The van der Waals surface area contributed by atoms with E-state index < -0.39 is 0 Å². The van der Waals surface area contributed by atoms with Crippen molar-refractivity contribution in [2.75, 3.05) is 12.3 Å². The summed E-state index contributed by atoms with van der Waals surface area (Å²) in [5, 5.41) is 3.69. The van der Waals surface area contributed by atoms with E-state index in [4.69, 9.17) is 0 Å². The van der Waals surface area contributed by atoms with Crippen LogP contribution >= 0.6 is 11.8 Å². The van der Waals surface area contributed by atoms with Crippen molar-refractivity contribution in [2.45, 2.75) is 31.3 Å². The first-order valence-electron chi connectivity index (χ1n) is 9.43. The Balaban J connectivity index is 1.54. The van der Waals surface area contributed by atoms with Gasteiger partial charge in [-0.25, -0.2) is 9.97 Å². The fourth-order valence-electron chi connectivity index (χ4n) is 3.19. The van der Waals surface area contributed by atoms with Crippen LogP contribution in [0.5, 0.6) is 0 Å². The molecule has 0 aliphatic rings. The molecule has 144 valence electrons. The molecule has 0 unspecified atom stereocenters. The minimum Gasteiger partial charge on any atom is -0.355 e. The summed E-state index contributed by atoms with van der Waals surface area (Å²) >= 11 is 1.37. The Kier molecular flexibility index (Phi) is 7.20. The number of aromatic nitrogens is 2. The number of nitrogens with zero attached hydrogens (tertiary/aromatic N) is 2. The molecule has 1 N–H and O–H groups in total. The summed E-state index contributed by atoms with van der Waals surface area (Å²) in [6.45, 7) is 4.50. The van der Waals surface area contributed by atoms with Crippen molar-refractivity contribution in [2.24, 2.45) is 0 Å². The maximum absolute atomic E-state index is 12.3. The number of benzene rings is 2. The van der Waals surface area contributed by atoms with Gasteiger partial charge in [-0.15, -0.1) is 0 Å². The van der Waals surface area contributed by atoms with Gasteiger partial charge in [-0.2, -0.15) is 0 Å². The van der Waals surface area contributed by atoms with E-state index in [2.05, 4.69) is 63.8 Å². The lowest BCUT2D eigenvalue weighted by molar-refractivity contribution is -0.118. The summed E-state index contributed by atoms with van der Waals surface area (Å²) in [6.07, 6.45) is 0.852. The highest BCUT2D eigenvalue weighted by atomic mass is 32.2. The Bertz CT molecular complexity index is 840. The number of aryl methyl sites for hydroxylation is 2. The SMILES string of the molecule is Cc1cc(C)nc(SCC(=O)NCCC(c2ccccc2)c2ccccc2)n1. The highest BCUT2D eigenvalue weighted by Crippen LogP contribution is 2.27. The smallest absolute Gasteiger partial charge is 0.230 e. The first-order chi connectivity index (χ1) is 13.6. The average molecular weight is 392 g/mol. The van der Waals surface area contributed by atoms with E-state index in [1.54, 1.807) is 0 Å². The molecule has 1 heterocycles. The second kappa shape index (κ2) is 10.0. The molecular formula is C23H25N3OS. The van der Waals surface area contributed by atoms with E-state index >= 15 is 0 Å². The van der Waals surface area contributed by atoms with Gasteiger partial charge in [0, 0.05) is 23.9 Å². The lowest BCUT2D eigenvalue weighted by Crippen LogP contribution is -2.27. The van der Waals surface area contributed by atoms with Crippen molar-refractivity contribution < 1.29 is 4.79 Å². The van der Waals surface area contributed by atoms with Gasteiger partial charge in [-0.1, -0.05) is 72.4 Å². The lowest BCUT2D eigenvalue weighted by Gasteiger charge is -2.18. The highest BCUT2D eigenvalue weighted by molar-refractivity contribution is 7.99. The predicted molar refractivity (Wildman–Crippen MR) is 115 cm³/mol. The van der Waals surface area contributed by atoms with Crippen LogP contribution in [0.3, 0.4) is 0 Å². The lowest BCUT2D eigenvalue weighted by atomic mass is 9.88. The van der Waals surface area contributed by atoms with Crippen LogP contribution in [-0.4, -0.2) is 28.2 Å². The van der Waals surface area contributed by atoms with Gasteiger partial charge in [-0.05, 0) is 37.5 Å². The number of thioether (sulfide) groups is 1. The average Bonchev–Trinajstić information content (AvgIpc) is 2.70. The fourth-order valence-corrected chi connectivity index (χ4v) is 3.97. The van der Waals surface area contributed by atoms with Crippen LogP contribution in [0, 0.1) is 13.8 Å². The molecule has 3 rings (SSSR count). The van der Waals surface area contributed by atoms with E-state index in [0.29, 0.717) is 17.5 Å². The molecule has 1 amide bonds. The van der Waals surface area contributed by atoms with Gasteiger partial charge in [0.2, 0.25) is 5.91 Å². The number of nitrogens with one attached hydrogen (secondary N) is 1. The second-order valence-corrected chi connectivity index (χ2v) is 7.68. The monoisotopic (exact) mass is 391 g/mol. The third kappa shape index (κ3) is 5.92. The number of hydrogen-bond acceptors (Lipinski definition) is 4. The Morgan fingerprint density at radius 2 is 1.46 bits per heavy atom. The van der Waals surface area contributed by atoms with Crippen LogP contribution in [0.15, 0.2) is 71.9 Å². The summed E-state index contributed by atoms with van der Waals surface area (Å²) in [6, 6.07) is 22.8. The zero-order valence-electron chi connectivity index (χ0n) is 16.3. The van der Waals surface area contributed by atoms with Crippen LogP contribution in [0.4, 0.5) is 0 Å². The molecule has 3 aromatic rings. The van der Waals surface area contributed by atoms with Crippen LogP contribution in [0.25, 0.3) is 0 Å². The number of rotatable bonds is 8. The third-order valence-corrected chi connectivity index (χ3v) is 5.30. The Hall–Kier alpha value is -2.66. The second-order valence-electron chi connectivity index (χ2n) is 6.73. The third-order valence-electron chi connectivity index (χ3n) is 4.45. The van der Waals surface area contributed by atoms with Crippen LogP contribution in [0.1, 0.15) is 34.9 Å². The van der Waals surface area contributed by atoms with Crippen molar-refractivity contribution in [1.82, 2.24) is 15.3 Å². The van der Waals surface area contributed by atoms with Gasteiger partial charge in [0.25, 0.3) is 0 Å². The minimum atomic E-state index is 0.00707. The van der Waals surface area contributed by atoms with Gasteiger partial charge in [0.1, 0.15) is 0 Å². The molecule has 0 fully saturated rings. The summed E-state index contributed by atoms with van der Waals surface area (Å²) < 4.78 is 0. The molecule has 0 aliphatic heterocycles. The van der Waals surface area contributed by atoms with Gasteiger partial charge in [-0.3, -0.25) is 4.79 Å². The Morgan fingerprint density at radius 3 is 2.00 bits per heavy atom. The quantitative estimate of drug-likeness (QED) is 0.453. The van der Waals surface area contributed by atoms with Crippen LogP contribution in [0.2, 0.25) is 0 Å². The summed E-state index contributed by atoms with van der Waals surface area (Å²) in [4.78, 5) is 21.0. The number of carbonyl (C=O) groups is 1. The maximum atomic E-state index is 12.3. The van der Waals surface area contributed by atoms with E-state index in [-0.39, 0.29) is 11.8 Å². The van der Waals surface area contributed by atoms with Crippen LogP contribution < -0.4 is 5.32 Å². The number of amides is 1. The topological polar surface area (TPSA) is 54.9 Å². The highest BCUT2D eigenvalue weighted by Gasteiger charge is 2.14. The molecule has 2 aromatic carbocycles. The first-order valence-corrected chi connectivity index (χ1v) is 10.4. The summed E-state index contributed by atoms with van der Waals surface area (Å²) in [7, 11) is 0. The molecule has 1 aromatic heterocycles. The maximum Gasteiger partial charge on any atom is 0.230 e. The van der Waals surface area contributed by atoms with Gasteiger partial charge < -0.3 is 5.32 Å². The van der Waals surface area contributed by atoms with Gasteiger partial charge in [0.05, 0.1) is 5.75 Å². The summed E-state index contributed by atoms with van der Waals surface area (Å²) in [5.41, 5.74) is 4.37. The minimum absolute atomic E-state index is 0.00707. The molecule has 0 saturated heterocycles. The zero-order chi connectivity index (χ0) is 19.8. The molecule has 0 atom stereocenters. The summed E-state index contributed by atoms with van der Waals surface area (Å²) in [5.74, 6) is 0.593. The fraction of sp³-hybridized carbons (Fsp3) is 0.261. The first kappa shape index (κ1) is 20.1. The molecule has 4 nitrogen and oxygen atoms in total. The Morgan fingerprint density at radius 1 is 0.929 bits per heavy atom. The van der Waals surface area contributed by atoms with Crippen molar-refractivity contribution >= 4 is 17.7 Å². The molecule has 0 bridgehead atoms. The molecule has 0 spiro atoms. The predicted octanol–water partition coefficient (Wildman–Crippen LogP) is 4.52. The molecule has 28 heavy (non-hydrogen) atoms. The van der Waals surface area contributed by atoms with Crippen LogP contribution in [-0.2, 0) is 4.79 Å². The molecule has 5 heteroatoms.